The van der Waals surface area contributed by atoms with Gasteiger partial charge in [-0.3, -0.25) is 0 Å². The molecular weight excluding hydrogens is 248 g/mol. The van der Waals surface area contributed by atoms with E-state index in [0.29, 0.717) is 11.7 Å². The molecule has 0 amide bonds. The Labute approximate surface area is 102 Å². The Morgan fingerprint density at radius 1 is 1.38 bits per heavy atom. The molecule has 0 aliphatic carbocycles. The first-order valence-corrected chi connectivity index (χ1v) is 7.46. The topological polar surface area (TPSA) is 12.0 Å². The van der Waals surface area contributed by atoms with E-state index in [4.69, 9.17) is 0 Å². The molecule has 2 rings (SSSR count). The number of nitrogens with one attached hydrogen (secondary N) is 1. The lowest BCUT2D eigenvalue weighted by Gasteiger charge is -2.14. The van der Waals surface area contributed by atoms with Crippen LogP contribution in [-0.4, -0.2) is 23.8 Å². The molecule has 0 bridgehead atoms. The molecule has 1 atom stereocenters. The van der Waals surface area contributed by atoms with Crippen LogP contribution in [0.4, 0.5) is 14.5 Å². The highest BCUT2D eigenvalue weighted by atomic mass is 32.2. The molecule has 5 heteroatoms. The minimum Gasteiger partial charge on any atom is -0.381 e. The summed E-state index contributed by atoms with van der Waals surface area (Å²) in [7, 11) is 0. The first kappa shape index (κ1) is 12.0. The molecular formula is C11H13F2NS2. The van der Waals surface area contributed by atoms with Gasteiger partial charge in [-0.05, 0) is 30.6 Å². The van der Waals surface area contributed by atoms with E-state index in [1.807, 2.05) is 11.8 Å². The minimum absolute atomic E-state index is 0.0892. The summed E-state index contributed by atoms with van der Waals surface area (Å²) in [6.07, 6.45) is 2.72. The van der Waals surface area contributed by atoms with Crippen LogP contribution in [0.3, 0.4) is 0 Å². The Balaban J connectivity index is 2.15. The van der Waals surface area contributed by atoms with Crippen LogP contribution in [0.2, 0.25) is 0 Å². The molecule has 1 heterocycles. The summed E-state index contributed by atoms with van der Waals surface area (Å²) < 4.78 is 27.0. The van der Waals surface area contributed by atoms with Gasteiger partial charge in [-0.1, -0.05) is 0 Å². The highest BCUT2D eigenvalue weighted by Gasteiger charge is 2.17. The third kappa shape index (κ3) is 2.63. The van der Waals surface area contributed by atoms with Gasteiger partial charge in [-0.25, -0.2) is 8.78 Å². The van der Waals surface area contributed by atoms with Crippen LogP contribution in [0.15, 0.2) is 17.0 Å². The van der Waals surface area contributed by atoms with Gasteiger partial charge < -0.3 is 5.32 Å². The van der Waals surface area contributed by atoms with Gasteiger partial charge in [0.2, 0.25) is 0 Å². The fraction of sp³-hybridized carbons (Fsp3) is 0.455. The normalized spacial score (nSPS) is 20.1. The van der Waals surface area contributed by atoms with Crippen LogP contribution in [0.1, 0.15) is 6.42 Å². The summed E-state index contributed by atoms with van der Waals surface area (Å²) in [4.78, 5) is 0.0892. The van der Waals surface area contributed by atoms with Crippen LogP contribution in [0, 0.1) is 11.6 Å². The van der Waals surface area contributed by atoms with Gasteiger partial charge in [-0.2, -0.15) is 11.8 Å². The second kappa shape index (κ2) is 5.27. The summed E-state index contributed by atoms with van der Waals surface area (Å²) in [5.41, 5.74) is 0.542. The van der Waals surface area contributed by atoms with E-state index >= 15 is 0 Å². The van der Waals surface area contributed by atoms with Crippen molar-refractivity contribution < 1.29 is 8.78 Å². The van der Waals surface area contributed by atoms with Crippen LogP contribution >= 0.6 is 23.5 Å². The van der Waals surface area contributed by atoms with Gasteiger partial charge in [0.05, 0.1) is 4.90 Å². The molecule has 0 radical (unpaired) electrons. The molecule has 1 aliphatic heterocycles. The third-order valence-electron chi connectivity index (χ3n) is 2.50. The molecule has 1 saturated heterocycles. The molecule has 0 spiro atoms. The van der Waals surface area contributed by atoms with Crippen molar-refractivity contribution in [3.63, 3.8) is 0 Å². The Morgan fingerprint density at radius 2 is 2.06 bits per heavy atom. The fourth-order valence-electron chi connectivity index (χ4n) is 1.72. The van der Waals surface area contributed by atoms with Crippen LogP contribution in [0.5, 0.6) is 0 Å². The molecule has 88 valence electrons. The van der Waals surface area contributed by atoms with Gasteiger partial charge >= 0.3 is 0 Å². The lowest BCUT2D eigenvalue weighted by Crippen LogP contribution is -2.18. The van der Waals surface area contributed by atoms with Crippen molar-refractivity contribution >= 4 is 29.2 Å². The summed E-state index contributed by atoms with van der Waals surface area (Å²) in [6, 6.07) is 3.08. The summed E-state index contributed by atoms with van der Waals surface area (Å²) in [5.74, 6) is 1.15. The monoisotopic (exact) mass is 261 g/mol. The van der Waals surface area contributed by atoms with Crippen LogP contribution in [0.25, 0.3) is 0 Å². The average molecular weight is 261 g/mol. The molecule has 16 heavy (non-hydrogen) atoms. The predicted octanol–water partition coefficient (Wildman–Crippen LogP) is 3.60. The third-order valence-corrected chi connectivity index (χ3v) is 4.46. The van der Waals surface area contributed by atoms with E-state index < -0.39 is 11.6 Å². The van der Waals surface area contributed by atoms with Crippen molar-refractivity contribution in [1.82, 2.24) is 0 Å². The van der Waals surface area contributed by atoms with E-state index in [9.17, 15) is 8.78 Å². The average Bonchev–Trinajstić information content (AvgIpc) is 2.70. The molecule has 1 nitrogen and oxygen atoms in total. The van der Waals surface area contributed by atoms with Gasteiger partial charge in [0.15, 0.2) is 0 Å². The highest BCUT2D eigenvalue weighted by molar-refractivity contribution is 7.99. The molecule has 1 aliphatic rings. The van der Waals surface area contributed by atoms with E-state index in [1.165, 1.54) is 12.1 Å². The highest BCUT2D eigenvalue weighted by Crippen LogP contribution is 2.28. The molecule has 1 aromatic carbocycles. The van der Waals surface area contributed by atoms with E-state index in [2.05, 4.69) is 5.32 Å². The quantitative estimate of drug-likeness (QED) is 0.835. The number of anilines is 1. The number of rotatable bonds is 3. The molecule has 1 unspecified atom stereocenters. The number of benzene rings is 1. The van der Waals surface area contributed by atoms with Gasteiger partial charge in [-0.15, -0.1) is 11.8 Å². The van der Waals surface area contributed by atoms with Crippen molar-refractivity contribution in [2.24, 2.45) is 0 Å². The Kier molecular flexibility index (Phi) is 3.97. The van der Waals surface area contributed by atoms with Gasteiger partial charge in [0, 0.05) is 17.5 Å². The number of halogens is 2. The first-order valence-electron chi connectivity index (χ1n) is 5.08. The minimum atomic E-state index is -0.486. The maximum Gasteiger partial charge on any atom is 0.141 e. The number of thioether (sulfide) groups is 2. The maximum atomic E-state index is 13.5. The lowest BCUT2D eigenvalue weighted by molar-refractivity contribution is 0.541. The number of hydrogen-bond donors (Lipinski definition) is 1. The molecule has 1 fully saturated rings. The lowest BCUT2D eigenvalue weighted by atomic mass is 10.2. The van der Waals surface area contributed by atoms with Crippen molar-refractivity contribution in [3.05, 3.63) is 23.8 Å². The second-order valence-electron chi connectivity index (χ2n) is 3.68. The van der Waals surface area contributed by atoms with Gasteiger partial charge in [0.1, 0.15) is 11.6 Å². The molecule has 0 saturated carbocycles. The van der Waals surface area contributed by atoms with Crippen molar-refractivity contribution in [2.45, 2.75) is 17.4 Å². The SMILES string of the molecule is CSc1c(F)cc(NC2CCSC2)cc1F. The van der Waals surface area contributed by atoms with Crippen molar-refractivity contribution in [3.8, 4) is 0 Å². The molecule has 1 aromatic rings. The fourth-order valence-corrected chi connectivity index (χ4v) is 3.38. The van der Waals surface area contributed by atoms with Crippen molar-refractivity contribution in [2.75, 3.05) is 23.1 Å². The standard InChI is InChI=1S/C11H13F2NS2/c1-15-11-9(12)4-8(5-10(11)13)14-7-2-3-16-6-7/h4-5,7,14H,2-3,6H2,1H3. The number of hydrogen-bond acceptors (Lipinski definition) is 3. The molecule has 0 aromatic heterocycles. The zero-order valence-electron chi connectivity index (χ0n) is 8.93. The zero-order valence-corrected chi connectivity index (χ0v) is 10.6. The summed E-state index contributed by atoms with van der Waals surface area (Å²) in [6.45, 7) is 0. The predicted molar refractivity (Wildman–Crippen MR) is 67.5 cm³/mol. The van der Waals surface area contributed by atoms with E-state index in [1.54, 1.807) is 6.26 Å². The molecule has 1 N–H and O–H groups in total. The second-order valence-corrected chi connectivity index (χ2v) is 5.64. The zero-order chi connectivity index (χ0) is 11.5. The summed E-state index contributed by atoms with van der Waals surface area (Å²) in [5, 5.41) is 3.16. The van der Waals surface area contributed by atoms with E-state index in [-0.39, 0.29) is 4.90 Å². The van der Waals surface area contributed by atoms with Crippen LogP contribution in [-0.2, 0) is 0 Å². The van der Waals surface area contributed by atoms with Crippen LogP contribution < -0.4 is 5.32 Å². The smallest absolute Gasteiger partial charge is 0.141 e. The van der Waals surface area contributed by atoms with Gasteiger partial charge in [0.25, 0.3) is 0 Å². The maximum absolute atomic E-state index is 13.5. The Hall–Kier alpha value is -0.420. The van der Waals surface area contributed by atoms with E-state index in [0.717, 1.165) is 29.7 Å². The largest absolute Gasteiger partial charge is 0.381 e. The Morgan fingerprint density at radius 3 is 2.56 bits per heavy atom. The van der Waals surface area contributed by atoms with Crippen molar-refractivity contribution in [1.29, 1.82) is 0 Å². The first-order chi connectivity index (χ1) is 7.70. The summed E-state index contributed by atoms with van der Waals surface area (Å²) >= 11 is 2.95. The Bertz CT molecular complexity index is 355.